The van der Waals surface area contributed by atoms with Crippen molar-refractivity contribution in [3.8, 4) is 0 Å². The highest BCUT2D eigenvalue weighted by Gasteiger charge is 2.24. The molecule has 0 saturated carbocycles. The van der Waals surface area contributed by atoms with E-state index in [9.17, 15) is 4.79 Å². The topological polar surface area (TPSA) is 69.1 Å². The Bertz CT molecular complexity index is 444. The van der Waals surface area contributed by atoms with Crippen molar-refractivity contribution in [3.63, 3.8) is 0 Å². The van der Waals surface area contributed by atoms with Gasteiger partial charge in [0.1, 0.15) is 0 Å². The van der Waals surface area contributed by atoms with E-state index in [1.807, 2.05) is 11.8 Å². The van der Waals surface area contributed by atoms with Gasteiger partial charge in [-0.25, -0.2) is 0 Å². The van der Waals surface area contributed by atoms with Crippen LogP contribution in [0.1, 0.15) is 37.3 Å². The van der Waals surface area contributed by atoms with Gasteiger partial charge in [0.05, 0.1) is 5.54 Å². The highest BCUT2D eigenvalue weighted by atomic mass is 32.2. The summed E-state index contributed by atoms with van der Waals surface area (Å²) in [6.45, 7) is 5.95. The lowest BCUT2D eigenvalue weighted by molar-refractivity contribution is -0.122. The van der Waals surface area contributed by atoms with E-state index in [4.69, 9.17) is 11.5 Å². The lowest BCUT2D eigenvalue weighted by atomic mass is 9.96. The first-order valence-electron chi connectivity index (χ1n) is 6.62. The SMILES string of the molecule is Cc1ccc(SCCCCC(C)(N)C(N)=O)cc1C. The van der Waals surface area contributed by atoms with E-state index < -0.39 is 11.4 Å². The first-order valence-corrected chi connectivity index (χ1v) is 7.60. The summed E-state index contributed by atoms with van der Waals surface area (Å²) in [7, 11) is 0. The van der Waals surface area contributed by atoms with Gasteiger partial charge in [-0.2, -0.15) is 0 Å². The number of unbranched alkanes of at least 4 members (excludes halogenated alkanes) is 1. The molecular formula is C15H24N2OS. The van der Waals surface area contributed by atoms with Crippen molar-refractivity contribution >= 4 is 17.7 Å². The monoisotopic (exact) mass is 280 g/mol. The Hall–Kier alpha value is -1.00. The summed E-state index contributed by atoms with van der Waals surface area (Å²) < 4.78 is 0. The molecule has 0 aliphatic carbocycles. The predicted molar refractivity (Wildman–Crippen MR) is 82.3 cm³/mol. The number of benzene rings is 1. The van der Waals surface area contributed by atoms with Crippen LogP contribution in [-0.4, -0.2) is 17.2 Å². The van der Waals surface area contributed by atoms with Crippen molar-refractivity contribution in [1.29, 1.82) is 0 Å². The number of hydrogen-bond donors (Lipinski definition) is 2. The van der Waals surface area contributed by atoms with Crippen molar-refractivity contribution in [2.75, 3.05) is 5.75 Å². The van der Waals surface area contributed by atoms with Crippen LogP contribution >= 0.6 is 11.8 Å². The fourth-order valence-electron chi connectivity index (χ4n) is 1.71. The van der Waals surface area contributed by atoms with Crippen LogP contribution in [0.3, 0.4) is 0 Å². The second-order valence-corrected chi connectivity index (χ2v) is 6.50. The maximum Gasteiger partial charge on any atom is 0.237 e. The van der Waals surface area contributed by atoms with E-state index in [0.717, 1.165) is 18.6 Å². The number of amides is 1. The van der Waals surface area contributed by atoms with Gasteiger partial charge in [0.15, 0.2) is 0 Å². The number of aryl methyl sites for hydroxylation is 2. The van der Waals surface area contributed by atoms with Gasteiger partial charge in [-0.15, -0.1) is 11.8 Å². The third kappa shape index (κ3) is 5.25. The largest absolute Gasteiger partial charge is 0.368 e. The Morgan fingerprint density at radius 2 is 1.95 bits per heavy atom. The molecule has 1 unspecified atom stereocenters. The molecule has 1 rings (SSSR count). The molecule has 0 aromatic heterocycles. The Morgan fingerprint density at radius 3 is 2.53 bits per heavy atom. The number of rotatable bonds is 7. The number of primary amides is 1. The van der Waals surface area contributed by atoms with Crippen molar-refractivity contribution < 1.29 is 4.79 Å². The smallest absolute Gasteiger partial charge is 0.237 e. The molecule has 0 radical (unpaired) electrons. The molecule has 1 aromatic carbocycles. The molecule has 19 heavy (non-hydrogen) atoms. The minimum atomic E-state index is -0.870. The number of hydrogen-bond acceptors (Lipinski definition) is 3. The summed E-state index contributed by atoms with van der Waals surface area (Å²) in [5.41, 5.74) is 12.8. The maximum atomic E-state index is 11.1. The Labute approximate surface area is 120 Å². The van der Waals surface area contributed by atoms with Gasteiger partial charge >= 0.3 is 0 Å². The van der Waals surface area contributed by atoms with Gasteiger partial charge in [-0.05, 0) is 62.6 Å². The average Bonchev–Trinajstić information content (AvgIpc) is 2.33. The highest BCUT2D eigenvalue weighted by molar-refractivity contribution is 7.99. The Kier molecular flexibility index (Phi) is 5.88. The molecule has 0 aliphatic heterocycles. The number of thioether (sulfide) groups is 1. The fourth-order valence-corrected chi connectivity index (χ4v) is 2.72. The minimum absolute atomic E-state index is 0.422. The highest BCUT2D eigenvalue weighted by Crippen LogP contribution is 2.23. The van der Waals surface area contributed by atoms with Crippen LogP contribution in [0.25, 0.3) is 0 Å². The molecule has 0 spiro atoms. The van der Waals surface area contributed by atoms with Crippen LogP contribution in [0.5, 0.6) is 0 Å². The Morgan fingerprint density at radius 1 is 1.26 bits per heavy atom. The van der Waals surface area contributed by atoms with E-state index in [2.05, 4.69) is 32.0 Å². The van der Waals surface area contributed by atoms with Crippen LogP contribution in [-0.2, 0) is 4.79 Å². The van der Waals surface area contributed by atoms with E-state index in [-0.39, 0.29) is 0 Å². The minimum Gasteiger partial charge on any atom is -0.368 e. The molecule has 0 saturated heterocycles. The summed E-state index contributed by atoms with van der Waals surface area (Å²) in [6, 6.07) is 6.53. The molecule has 1 amide bonds. The number of nitrogens with two attached hydrogens (primary N) is 2. The van der Waals surface area contributed by atoms with Crippen LogP contribution < -0.4 is 11.5 Å². The quantitative estimate of drug-likeness (QED) is 0.596. The second kappa shape index (κ2) is 6.96. The molecule has 0 fully saturated rings. The van der Waals surface area contributed by atoms with Gasteiger partial charge in [0, 0.05) is 4.90 Å². The molecule has 3 nitrogen and oxygen atoms in total. The van der Waals surface area contributed by atoms with E-state index in [1.54, 1.807) is 6.92 Å². The molecule has 0 aliphatic rings. The first-order chi connectivity index (χ1) is 8.83. The second-order valence-electron chi connectivity index (χ2n) is 5.33. The molecule has 1 atom stereocenters. The maximum absolute atomic E-state index is 11.1. The third-order valence-electron chi connectivity index (χ3n) is 3.40. The van der Waals surface area contributed by atoms with Gasteiger partial charge < -0.3 is 11.5 Å². The lowest BCUT2D eigenvalue weighted by Gasteiger charge is -2.19. The predicted octanol–water partition coefficient (Wildman–Crippen LogP) is 2.77. The Balaban J connectivity index is 2.28. The summed E-state index contributed by atoms with van der Waals surface area (Å²) in [4.78, 5) is 12.4. The van der Waals surface area contributed by atoms with Crippen LogP contribution in [0.15, 0.2) is 23.1 Å². The van der Waals surface area contributed by atoms with Crippen molar-refractivity contribution in [2.45, 2.75) is 50.5 Å². The number of carbonyl (C=O) groups is 1. The molecule has 1 aromatic rings. The molecule has 0 bridgehead atoms. The molecule has 0 heterocycles. The van der Waals surface area contributed by atoms with Gasteiger partial charge in [0.25, 0.3) is 0 Å². The molecular weight excluding hydrogens is 256 g/mol. The van der Waals surface area contributed by atoms with E-state index >= 15 is 0 Å². The average molecular weight is 280 g/mol. The zero-order valence-electron chi connectivity index (χ0n) is 12.0. The van der Waals surface area contributed by atoms with Crippen molar-refractivity contribution in [3.05, 3.63) is 29.3 Å². The molecule has 4 N–H and O–H groups in total. The summed E-state index contributed by atoms with van der Waals surface area (Å²) in [6.07, 6.45) is 2.61. The number of carbonyl (C=O) groups excluding carboxylic acids is 1. The van der Waals surface area contributed by atoms with Crippen LogP contribution in [0, 0.1) is 13.8 Å². The summed E-state index contributed by atoms with van der Waals surface area (Å²) >= 11 is 1.85. The zero-order chi connectivity index (χ0) is 14.5. The van der Waals surface area contributed by atoms with Crippen LogP contribution in [0.2, 0.25) is 0 Å². The molecule has 106 valence electrons. The zero-order valence-corrected chi connectivity index (χ0v) is 12.8. The van der Waals surface area contributed by atoms with E-state index in [0.29, 0.717) is 6.42 Å². The van der Waals surface area contributed by atoms with Crippen LogP contribution in [0.4, 0.5) is 0 Å². The lowest BCUT2D eigenvalue weighted by Crippen LogP contribution is -2.49. The third-order valence-corrected chi connectivity index (χ3v) is 4.48. The van der Waals surface area contributed by atoms with Gasteiger partial charge in [-0.3, -0.25) is 4.79 Å². The summed E-state index contributed by atoms with van der Waals surface area (Å²) in [5, 5.41) is 0. The first kappa shape index (κ1) is 16.1. The standard InChI is InChI=1S/C15H24N2OS/c1-11-6-7-13(10-12(11)2)19-9-5-4-8-15(3,17)14(16)18/h6-7,10H,4-5,8-9,17H2,1-3H3,(H2,16,18). The van der Waals surface area contributed by atoms with E-state index in [1.165, 1.54) is 16.0 Å². The molecule has 4 heteroatoms. The van der Waals surface area contributed by atoms with Gasteiger partial charge in [0.2, 0.25) is 5.91 Å². The van der Waals surface area contributed by atoms with Crippen molar-refractivity contribution in [2.24, 2.45) is 11.5 Å². The fraction of sp³-hybridized carbons (Fsp3) is 0.533. The summed E-state index contributed by atoms with van der Waals surface area (Å²) in [5.74, 6) is 0.617. The van der Waals surface area contributed by atoms with Crippen molar-refractivity contribution in [1.82, 2.24) is 0 Å². The normalized spacial score (nSPS) is 14.1. The van der Waals surface area contributed by atoms with Gasteiger partial charge in [-0.1, -0.05) is 12.5 Å².